The Labute approximate surface area is 144 Å². The molecule has 0 spiro atoms. The van der Waals surface area contributed by atoms with E-state index in [1.807, 2.05) is 0 Å². The summed E-state index contributed by atoms with van der Waals surface area (Å²) in [6, 6.07) is 9.69. The van der Waals surface area contributed by atoms with Gasteiger partial charge in [-0.2, -0.15) is 0 Å². The Hall–Kier alpha value is -3.15. The molecule has 2 aromatic rings. The first-order valence-corrected chi connectivity index (χ1v) is 7.67. The summed E-state index contributed by atoms with van der Waals surface area (Å²) >= 11 is 0. The molecule has 6 heteroatoms. The lowest BCUT2D eigenvalue weighted by Crippen LogP contribution is -2.15. The fourth-order valence-electron chi connectivity index (χ4n) is 2.84. The maximum absolute atomic E-state index is 11.8. The van der Waals surface area contributed by atoms with Crippen LogP contribution in [0.1, 0.15) is 11.1 Å². The van der Waals surface area contributed by atoms with E-state index in [4.69, 9.17) is 14.2 Å². The van der Waals surface area contributed by atoms with E-state index in [9.17, 15) is 15.0 Å². The van der Waals surface area contributed by atoms with Crippen molar-refractivity contribution in [2.45, 2.75) is 12.5 Å². The second kappa shape index (κ2) is 6.76. The molecular formula is C19H18O6. The van der Waals surface area contributed by atoms with Crippen molar-refractivity contribution in [3.05, 3.63) is 53.6 Å². The van der Waals surface area contributed by atoms with Crippen LogP contribution >= 0.6 is 0 Å². The van der Waals surface area contributed by atoms with Crippen molar-refractivity contribution < 1.29 is 29.2 Å². The highest BCUT2D eigenvalue weighted by molar-refractivity contribution is 5.98. The average Bonchev–Trinajstić information content (AvgIpc) is 2.96. The summed E-state index contributed by atoms with van der Waals surface area (Å²) in [5.41, 5.74) is 2.20. The quantitative estimate of drug-likeness (QED) is 0.813. The third kappa shape index (κ3) is 3.38. The molecule has 1 aliphatic heterocycles. The molecule has 130 valence electrons. The highest BCUT2D eigenvalue weighted by Crippen LogP contribution is 2.37. The number of hydrogen-bond acceptors (Lipinski definition) is 6. The van der Waals surface area contributed by atoms with Crippen LogP contribution < -0.4 is 9.47 Å². The standard InChI is InChI=1S/C19H18O6/c1-23-16-9-12(20)4-5-13(16)14-10-19(22)25-17(14)7-11-3-6-15(21)18(8-11)24-2/h3-6,8-10,17,20-21H,7H2,1-2H3. The number of benzene rings is 2. The number of phenolic OH excluding ortho intramolecular Hbond substituents is 2. The number of cyclic esters (lactones) is 1. The van der Waals surface area contributed by atoms with Crippen molar-refractivity contribution in [3.63, 3.8) is 0 Å². The minimum atomic E-state index is -0.500. The second-order valence-electron chi connectivity index (χ2n) is 5.62. The first-order chi connectivity index (χ1) is 12.0. The van der Waals surface area contributed by atoms with Crippen LogP contribution in [0.25, 0.3) is 5.57 Å². The number of carbonyl (C=O) groups excluding carboxylic acids is 1. The lowest BCUT2D eigenvalue weighted by atomic mass is 9.95. The Balaban J connectivity index is 1.92. The molecule has 1 aliphatic rings. The van der Waals surface area contributed by atoms with Crippen molar-refractivity contribution in [1.82, 2.24) is 0 Å². The van der Waals surface area contributed by atoms with Crippen LogP contribution in [0.4, 0.5) is 0 Å². The second-order valence-corrected chi connectivity index (χ2v) is 5.62. The van der Waals surface area contributed by atoms with Crippen LogP contribution in [0.5, 0.6) is 23.0 Å². The Morgan fingerprint density at radius 3 is 2.52 bits per heavy atom. The van der Waals surface area contributed by atoms with Gasteiger partial charge < -0.3 is 24.4 Å². The van der Waals surface area contributed by atoms with Crippen LogP contribution in [0.15, 0.2) is 42.5 Å². The predicted octanol–water partition coefficient (Wildman–Crippen LogP) is 2.67. The molecule has 1 unspecified atom stereocenters. The topological polar surface area (TPSA) is 85.2 Å². The van der Waals surface area contributed by atoms with Gasteiger partial charge in [-0.1, -0.05) is 6.07 Å². The largest absolute Gasteiger partial charge is 0.508 e. The van der Waals surface area contributed by atoms with Crippen molar-refractivity contribution in [3.8, 4) is 23.0 Å². The van der Waals surface area contributed by atoms with Gasteiger partial charge in [-0.05, 0) is 29.8 Å². The van der Waals surface area contributed by atoms with Crippen molar-refractivity contribution in [2.24, 2.45) is 0 Å². The third-order valence-corrected chi connectivity index (χ3v) is 4.04. The minimum absolute atomic E-state index is 0.0469. The van der Waals surface area contributed by atoms with E-state index in [2.05, 4.69) is 0 Å². The first-order valence-electron chi connectivity index (χ1n) is 7.67. The number of rotatable bonds is 5. The number of aromatic hydroxyl groups is 2. The Morgan fingerprint density at radius 2 is 1.80 bits per heavy atom. The Bertz CT molecular complexity index is 840. The van der Waals surface area contributed by atoms with Gasteiger partial charge in [-0.15, -0.1) is 0 Å². The van der Waals surface area contributed by atoms with Gasteiger partial charge in [0.1, 0.15) is 17.6 Å². The van der Waals surface area contributed by atoms with Crippen molar-refractivity contribution in [2.75, 3.05) is 14.2 Å². The maximum atomic E-state index is 11.8. The van der Waals surface area contributed by atoms with Crippen LogP contribution in [0, 0.1) is 0 Å². The summed E-state index contributed by atoms with van der Waals surface area (Å²) in [6.07, 6.45) is 1.34. The number of ether oxygens (including phenoxy) is 3. The van der Waals surface area contributed by atoms with Gasteiger partial charge in [-0.3, -0.25) is 0 Å². The van der Waals surface area contributed by atoms with Gasteiger partial charge in [0, 0.05) is 29.7 Å². The Morgan fingerprint density at radius 1 is 1.04 bits per heavy atom. The fraction of sp³-hybridized carbons (Fsp3) is 0.211. The van der Waals surface area contributed by atoms with E-state index in [0.29, 0.717) is 29.1 Å². The minimum Gasteiger partial charge on any atom is -0.508 e. The lowest BCUT2D eigenvalue weighted by Gasteiger charge is -2.17. The molecule has 0 fully saturated rings. The summed E-state index contributed by atoms with van der Waals surface area (Å²) in [7, 11) is 2.97. The molecule has 0 aliphatic carbocycles. The molecular weight excluding hydrogens is 324 g/mol. The molecule has 0 aromatic heterocycles. The fourth-order valence-corrected chi connectivity index (χ4v) is 2.84. The molecule has 2 N–H and O–H groups in total. The molecule has 2 aromatic carbocycles. The predicted molar refractivity (Wildman–Crippen MR) is 90.9 cm³/mol. The summed E-state index contributed by atoms with van der Waals surface area (Å²) in [4.78, 5) is 11.8. The third-order valence-electron chi connectivity index (χ3n) is 4.04. The van der Waals surface area contributed by atoms with Gasteiger partial charge >= 0.3 is 5.97 Å². The molecule has 6 nitrogen and oxygen atoms in total. The van der Waals surface area contributed by atoms with Gasteiger partial charge in [0.25, 0.3) is 0 Å². The van der Waals surface area contributed by atoms with E-state index in [1.165, 1.54) is 38.5 Å². The normalized spacial score (nSPS) is 16.3. The zero-order valence-electron chi connectivity index (χ0n) is 13.9. The smallest absolute Gasteiger partial charge is 0.331 e. The number of phenols is 2. The lowest BCUT2D eigenvalue weighted by molar-refractivity contribution is -0.138. The van der Waals surface area contributed by atoms with Crippen LogP contribution in [-0.4, -0.2) is 36.5 Å². The molecule has 0 saturated carbocycles. The molecule has 0 amide bonds. The molecule has 0 bridgehead atoms. The molecule has 0 saturated heterocycles. The number of esters is 1. The van der Waals surface area contributed by atoms with Crippen molar-refractivity contribution in [1.29, 1.82) is 0 Å². The van der Waals surface area contributed by atoms with E-state index >= 15 is 0 Å². The van der Waals surface area contributed by atoms with Crippen LogP contribution in [0.3, 0.4) is 0 Å². The SMILES string of the molecule is COc1cc(CC2OC(=O)C=C2c2ccc(O)cc2OC)ccc1O. The van der Waals surface area contributed by atoms with E-state index in [0.717, 1.165) is 5.56 Å². The van der Waals surface area contributed by atoms with Gasteiger partial charge in [0.05, 0.1) is 14.2 Å². The van der Waals surface area contributed by atoms with E-state index < -0.39 is 12.1 Å². The molecule has 1 heterocycles. The zero-order valence-corrected chi connectivity index (χ0v) is 13.9. The average molecular weight is 342 g/mol. The first kappa shape index (κ1) is 16.7. The highest BCUT2D eigenvalue weighted by atomic mass is 16.5. The number of hydrogen-bond donors (Lipinski definition) is 2. The zero-order chi connectivity index (χ0) is 18.0. The number of carbonyl (C=O) groups is 1. The van der Waals surface area contributed by atoms with Gasteiger partial charge in [-0.25, -0.2) is 4.79 Å². The van der Waals surface area contributed by atoms with Gasteiger partial charge in [0.15, 0.2) is 11.5 Å². The number of methoxy groups -OCH3 is 2. The van der Waals surface area contributed by atoms with Crippen molar-refractivity contribution >= 4 is 11.5 Å². The van der Waals surface area contributed by atoms with Crippen LogP contribution in [0.2, 0.25) is 0 Å². The molecule has 0 radical (unpaired) electrons. The molecule has 1 atom stereocenters. The van der Waals surface area contributed by atoms with Gasteiger partial charge in [0.2, 0.25) is 0 Å². The molecule has 3 rings (SSSR count). The maximum Gasteiger partial charge on any atom is 0.331 e. The summed E-state index contributed by atoms with van der Waals surface area (Å²) in [5.74, 6) is 0.505. The summed E-state index contributed by atoms with van der Waals surface area (Å²) in [6.45, 7) is 0. The monoisotopic (exact) mass is 342 g/mol. The summed E-state index contributed by atoms with van der Waals surface area (Å²) < 4.78 is 15.8. The Kier molecular flexibility index (Phi) is 4.52. The van der Waals surface area contributed by atoms with E-state index in [1.54, 1.807) is 18.2 Å². The van der Waals surface area contributed by atoms with E-state index in [-0.39, 0.29) is 11.5 Å². The highest BCUT2D eigenvalue weighted by Gasteiger charge is 2.29. The molecule has 25 heavy (non-hydrogen) atoms. The van der Waals surface area contributed by atoms with Crippen LogP contribution in [-0.2, 0) is 16.0 Å². The summed E-state index contributed by atoms with van der Waals surface area (Å²) in [5, 5.41) is 19.3.